The summed E-state index contributed by atoms with van der Waals surface area (Å²) < 4.78 is 13.9. The molecule has 1 amide bonds. The number of carbonyl (C=O) groups is 1. The van der Waals surface area contributed by atoms with Crippen LogP contribution in [0.5, 0.6) is 0 Å². The van der Waals surface area contributed by atoms with Crippen LogP contribution in [0.1, 0.15) is 22.2 Å². The Labute approximate surface area is 141 Å². The minimum atomic E-state index is -0.363. The molecule has 1 aromatic heterocycles. The fraction of sp³-hybridized carbons (Fsp3) is 0.0588. The molecule has 1 heterocycles. The molecule has 0 atom stereocenters. The summed E-state index contributed by atoms with van der Waals surface area (Å²) >= 11 is 7.58. The molecule has 6 heteroatoms. The van der Waals surface area contributed by atoms with E-state index in [0.717, 1.165) is 15.6 Å². The SMILES string of the molecule is CC(=NNC(=O)c1sc2ccccc2c1Cl)c1ccc(F)cc1. The van der Waals surface area contributed by atoms with Crippen LogP contribution in [0.4, 0.5) is 4.39 Å². The van der Waals surface area contributed by atoms with Crippen LogP contribution in [0, 0.1) is 5.82 Å². The van der Waals surface area contributed by atoms with Gasteiger partial charge in [-0.15, -0.1) is 11.3 Å². The molecule has 3 nitrogen and oxygen atoms in total. The summed E-state index contributed by atoms with van der Waals surface area (Å²) in [6, 6.07) is 13.5. The highest BCUT2D eigenvalue weighted by Crippen LogP contribution is 2.34. The molecule has 23 heavy (non-hydrogen) atoms. The van der Waals surface area contributed by atoms with Crippen molar-refractivity contribution in [1.29, 1.82) is 0 Å². The van der Waals surface area contributed by atoms with Crippen LogP contribution in [-0.2, 0) is 0 Å². The number of nitrogens with one attached hydrogen (secondary N) is 1. The predicted molar refractivity (Wildman–Crippen MR) is 92.9 cm³/mol. The molecule has 0 spiro atoms. The molecule has 0 saturated carbocycles. The molecule has 0 aliphatic rings. The van der Waals surface area contributed by atoms with E-state index in [1.807, 2.05) is 24.3 Å². The molecule has 0 fully saturated rings. The first-order valence-electron chi connectivity index (χ1n) is 6.84. The van der Waals surface area contributed by atoms with Crippen molar-refractivity contribution < 1.29 is 9.18 Å². The van der Waals surface area contributed by atoms with E-state index in [-0.39, 0.29) is 11.7 Å². The molecule has 0 unspecified atom stereocenters. The number of carbonyl (C=O) groups excluding carboxylic acids is 1. The lowest BCUT2D eigenvalue weighted by atomic mass is 10.1. The van der Waals surface area contributed by atoms with E-state index in [1.54, 1.807) is 19.1 Å². The summed E-state index contributed by atoms with van der Waals surface area (Å²) in [6.07, 6.45) is 0. The first-order valence-corrected chi connectivity index (χ1v) is 8.03. The van der Waals surface area contributed by atoms with Crippen molar-refractivity contribution in [3.63, 3.8) is 0 Å². The van der Waals surface area contributed by atoms with Crippen LogP contribution in [0.15, 0.2) is 53.6 Å². The number of nitrogens with zero attached hydrogens (tertiary/aromatic N) is 1. The maximum absolute atomic E-state index is 12.9. The Morgan fingerprint density at radius 3 is 2.57 bits per heavy atom. The van der Waals surface area contributed by atoms with Crippen molar-refractivity contribution in [2.24, 2.45) is 5.10 Å². The number of halogens is 2. The van der Waals surface area contributed by atoms with Gasteiger partial charge in [0.05, 0.1) is 10.7 Å². The largest absolute Gasteiger partial charge is 0.283 e. The maximum atomic E-state index is 12.9. The highest BCUT2D eigenvalue weighted by Gasteiger charge is 2.16. The second-order valence-corrected chi connectivity index (χ2v) is 6.32. The first kappa shape index (κ1) is 15.6. The Bertz CT molecular complexity index is 903. The Balaban J connectivity index is 1.81. The third-order valence-electron chi connectivity index (χ3n) is 3.33. The van der Waals surface area contributed by atoms with Crippen LogP contribution in [0.3, 0.4) is 0 Å². The van der Waals surface area contributed by atoms with Gasteiger partial charge in [-0.3, -0.25) is 4.79 Å². The molecule has 0 radical (unpaired) electrons. The number of hydrazone groups is 1. The molecule has 0 saturated heterocycles. The molecule has 3 rings (SSSR count). The zero-order valence-corrected chi connectivity index (χ0v) is 13.7. The van der Waals surface area contributed by atoms with E-state index in [1.165, 1.54) is 23.5 Å². The lowest BCUT2D eigenvalue weighted by Gasteiger charge is -2.02. The Morgan fingerprint density at radius 1 is 1.17 bits per heavy atom. The predicted octanol–water partition coefficient (Wildman–Crippen LogP) is 4.85. The van der Waals surface area contributed by atoms with E-state index >= 15 is 0 Å². The molecule has 116 valence electrons. The van der Waals surface area contributed by atoms with Crippen LogP contribution in [0.25, 0.3) is 10.1 Å². The van der Waals surface area contributed by atoms with E-state index in [4.69, 9.17) is 11.6 Å². The summed E-state index contributed by atoms with van der Waals surface area (Å²) in [7, 11) is 0. The fourth-order valence-corrected chi connectivity index (χ4v) is 3.51. The van der Waals surface area contributed by atoms with Gasteiger partial charge in [-0.1, -0.05) is 41.9 Å². The minimum Gasteiger partial charge on any atom is -0.266 e. The van der Waals surface area contributed by atoms with Crippen molar-refractivity contribution in [2.75, 3.05) is 0 Å². The maximum Gasteiger partial charge on any atom is 0.283 e. The zero-order chi connectivity index (χ0) is 16.4. The normalized spacial score (nSPS) is 11.7. The average molecular weight is 347 g/mol. The number of benzene rings is 2. The van der Waals surface area contributed by atoms with Gasteiger partial charge in [-0.2, -0.15) is 5.10 Å². The van der Waals surface area contributed by atoms with Crippen LogP contribution in [0.2, 0.25) is 5.02 Å². The summed E-state index contributed by atoms with van der Waals surface area (Å²) in [4.78, 5) is 12.7. The number of thiophene rings is 1. The molecule has 3 aromatic rings. The Morgan fingerprint density at radius 2 is 1.87 bits per heavy atom. The standard InChI is InChI=1S/C17H12ClFN2OS/c1-10(11-6-8-12(19)9-7-11)20-21-17(22)16-15(18)13-4-2-3-5-14(13)23-16/h2-9H,1H3,(H,21,22). The highest BCUT2D eigenvalue weighted by atomic mass is 35.5. The van der Waals surface area contributed by atoms with Gasteiger partial charge in [0.15, 0.2) is 0 Å². The topological polar surface area (TPSA) is 41.5 Å². The van der Waals surface area contributed by atoms with Gasteiger partial charge in [0.25, 0.3) is 5.91 Å². The number of fused-ring (bicyclic) bond motifs is 1. The molecular weight excluding hydrogens is 335 g/mol. The quantitative estimate of drug-likeness (QED) is 0.534. The first-order chi connectivity index (χ1) is 11.1. The summed E-state index contributed by atoms with van der Waals surface area (Å²) in [5.41, 5.74) is 3.80. The Kier molecular flexibility index (Phi) is 4.41. The summed E-state index contributed by atoms with van der Waals surface area (Å²) in [6.45, 7) is 1.74. The number of amides is 1. The number of hydrogen-bond acceptors (Lipinski definition) is 3. The Hall–Kier alpha value is -2.24. The van der Waals surface area contributed by atoms with E-state index in [0.29, 0.717) is 15.6 Å². The fourth-order valence-electron chi connectivity index (χ4n) is 2.10. The molecule has 0 aliphatic carbocycles. The van der Waals surface area contributed by atoms with Crippen molar-refractivity contribution in [1.82, 2.24) is 5.43 Å². The van der Waals surface area contributed by atoms with Crippen molar-refractivity contribution in [3.8, 4) is 0 Å². The molecule has 0 bridgehead atoms. The lowest BCUT2D eigenvalue weighted by molar-refractivity contribution is 0.0959. The van der Waals surface area contributed by atoms with Crippen LogP contribution >= 0.6 is 22.9 Å². The molecule has 2 aromatic carbocycles. The molecule has 0 aliphatic heterocycles. The third-order valence-corrected chi connectivity index (χ3v) is 5.00. The van der Waals surface area contributed by atoms with Crippen LogP contribution in [-0.4, -0.2) is 11.6 Å². The summed E-state index contributed by atoms with van der Waals surface area (Å²) in [5, 5.41) is 5.33. The van der Waals surface area contributed by atoms with Gasteiger partial charge in [-0.05, 0) is 30.7 Å². The minimum absolute atomic E-state index is 0.317. The second-order valence-electron chi connectivity index (χ2n) is 4.89. The smallest absolute Gasteiger partial charge is 0.266 e. The van der Waals surface area contributed by atoms with Gasteiger partial charge in [0, 0.05) is 10.1 Å². The van der Waals surface area contributed by atoms with Crippen molar-refractivity contribution in [2.45, 2.75) is 6.92 Å². The van der Waals surface area contributed by atoms with Gasteiger partial charge in [-0.25, -0.2) is 9.82 Å². The van der Waals surface area contributed by atoms with Gasteiger partial charge in [0.2, 0.25) is 0 Å². The number of rotatable bonds is 3. The second kappa shape index (κ2) is 6.48. The lowest BCUT2D eigenvalue weighted by Crippen LogP contribution is -2.18. The van der Waals surface area contributed by atoms with Gasteiger partial charge >= 0.3 is 0 Å². The summed E-state index contributed by atoms with van der Waals surface area (Å²) in [5.74, 6) is -0.680. The average Bonchev–Trinajstić information content (AvgIpc) is 2.90. The highest BCUT2D eigenvalue weighted by molar-refractivity contribution is 7.21. The molecule has 1 N–H and O–H groups in total. The monoisotopic (exact) mass is 346 g/mol. The van der Waals surface area contributed by atoms with Gasteiger partial charge in [0.1, 0.15) is 10.7 Å². The zero-order valence-electron chi connectivity index (χ0n) is 12.1. The molecular formula is C17H12ClFN2OS. The number of hydrogen-bond donors (Lipinski definition) is 1. The third kappa shape index (κ3) is 3.25. The van der Waals surface area contributed by atoms with Gasteiger partial charge < -0.3 is 0 Å². The van der Waals surface area contributed by atoms with Crippen LogP contribution < -0.4 is 5.43 Å². The van der Waals surface area contributed by atoms with E-state index < -0.39 is 0 Å². The van der Waals surface area contributed by atoms with E-state index in [9.17, 15) is 9.18 Å². The van der Waals surface area contributed by atoms with Crippen molar-refractivity contribution in [3.05, 3.63) is 69.8 Å². The van der Waals surface area contributed by atoms with Crippen molar-refractivity contribution >= 4 is 44.6 Å². The van der Waals surface area contributed by atoms with E-state index in [2.05, 4.69) is 10.5 Å².